The number of rotatable bonds is 7. The van der Waals surface area contributed by atoms with Crippen LogP contribution >= 0.6 is 0 Å². The summed E-state index contributed by atoms with van der Waals surface area (Å²) in [7, 11) is -4.00. The summed E-state index contributed by atoms with van der Waals surface area (Å²) < 4.78 is 33.8. The van der Waals surface area contributed by atoms with E-state index in [1.54, 1.807) is 44.3 Å². The first-order chi connectivity index (χ1) is 17.8. The molecule has 0 saturated carbocycles. The first kappa shape index (κ1) is 24.2. The van der Waals surface area contributed by atoms with Crippen LogP contribution in [0.3, 0.4) is 0 Å². The molecule has 0 bridgehead atoms. The molecule has 37 heavy (non-hydrogen) atoms. The highest BCUT2D eigenvalue weighted by Gasteiger charge is 2.23. The van der Waals surface area contributed by atoms with Gasteiger partial charge in [0.2, 0.25) is 0 Å². The van der Waals surface area contributed by atoms with Gasteiger partial charge in [0.1, 0.15) is 5.76 Å². The fourth-order valence-electron chi connectivity index (χ4n) is 4.33. The molecule has 2 aromatic carbocycles. The number of pyridine rings is 1. The van der Waals surface area contributed by atoms with Crippen molar-refractivity contribution >= 4 is 33.1 Å². The van der Waals surface area contributed by atoms with Crippen LogP contribution in [0.5, 0.6) is 0 Å². The number of carboxylic acid groups (broad SMARTS) is 1. The van der Waals surface area contributed by atoms with Crippen molar-refractivity contribution in [2.24, 2.45) is 0 Å². The van der Waals surface area contributed by atoms with Crippen molar-refractivity contribution in [3.63, 3.8) is 0 Å². The van der Waals surface area contributed by atoms with Gasteiger partial charge >= 0.3 is 5.97 Å². The van der Waals surface area contributed by atoms with Crippen molar-refractivity contribution in [3.05, 3.63) is 107 Å². The van der Waals surface area contributed by atoms with Gasteiger partial charge in [-0.25, -0.2) is 17.2 Å². The number of aromatic nitrogens is 3. The summed E-state index contributed by atoms with van der Waals surface area (Å²) >= 11 is 0. The zero-order valence-electron chi connectivity index (χ0n) is 20.1. The van der Waals surface area contributed by atoms with Crippen molar-refractivity contribution in [2.45, 2.75) is 25.2 Å². The molecule has 0 radical (unpaired) electrons. The molecule has 3 heterocycles. The lowest BCUT2D eigenvalue weighted by Crippen LogP contribution is -2.11. The number of aliphatic carboxylic acids is 1. The average Bonchev–Trinajstić information content (AvgIpc) is 3.43. The van der Waals surface area contributed by atoms with Crippen LogP contribution in [-0.2, 0) is 21.2 Å². The van der Waals surface area contributed by atoms with E-state index >= 15 is 0 Å². The third-order valence-electron chi connectivity index (χ3n) is 6.10. The molecule has 5 rings (SSSR count). The van der Waals surface area contributed by atoms with Crippen LogP contribution in [0.15, 0.2) is 94.1 Å². The minimum atomic E-state index is -4.00. The number of aryl methyl sites for hydroxylation is 2. The van der Waals surface area contributed by atoms with Gasteiger partial charge in [-0.15, -0.1) is 0 Å². The molecule has 0 aliphatic carbocycles. The largest absolute Gasteiger partial charge is 0.478 e. The van der Waals surface area contributed by atoms with Crippen molar-refractivity contribution in [1.82, 2.24) is 14.1 Å². The number of benzene rings is 2. The molecule has 0 amide bonds. The Kier molecular flexibility index (Phi) is 6.22. The normalized spacial score (nSPS) is 12.2. The van der Waals surface area contributed by atoms with Crippen LogP contribution in [0, 0.1) is 13.8 Å². The van der Waals surface area contributed by atoms with Crippen molar-refractivity contribution in [2.75, 3.05) is 0 Å². The van der Waals surface area contributed by atoms with Crippen LogP contribution in [0.4, 0.5) is 0 Å². The molecule has 0 saturated heterocycles. The first-order valence-electron chi connectivity index (χ1n) is 11.5. The molecule has 186 valence electrons. The van der Waals surface area contributed by atoms with Gasteiger partial charge in [0.05, 0.1) is 21.6 Å². The Morgan fingerprint density at radius 2 is 1.73 bits per heavy atom. The number of hydrogen-bond acceptors (Lipinski definition) is 6. The van der Waals surface area contributed by atoms with Crippen molar-refractivity contribution < 1.29 is 22.8 Å². The molecule has 1 N–H and O–H groups in total. The first-order valence-corrected chi connectivity index (χ1v) is 12.9. The van der Waals surface area contributed by atoms with Crippen LogP contribution in [0.1, 0.15) is 22.6 Å². The van der Waals surface area contributed by atoms with E-state index in [2.05, 4.69) is 10.1 Å². The zero-order valence-corrected chi connectivity index (χ0v) is 20.9. The summed E-state index contributed by atoms with van der Waals surface area (Å²) in [6, 6.07) is 19.0. The van der Waals surface area contributed by atoms with Crippen molar-refractivity contribution in [1.29, 1.82) is 0 Å². The number of carbonyl (C=O) groups is 1. The quantitative estimate of drug-likeness (QED) is 0.295. The highest BCUT2D eigenvalue weighted by Crippen LogP contribution is 2.32. The van der Waals surface area contributed by atoms with Gasteiger partial charge in [0.25, 0.3) is 10.0 Å². The van der Waals surface area contributed by atoms with E-state index in [0.29, 0.717) is 33.6 Å². The van der Waals surface area contributed by atoms with Gasteiger partial charge in [-0.05, 0) is 43.7 Å². The van der Waals surface area contributed by atoms with E-state index in [1.807, 2.05) is 30.3 Å². The molecule has 0 unspecified atom stereocenters. The van der Waals surface area contributed by atoms with Crippen LogP contribution in [-0.4, -0.2) is 33.6 Å². The van der Waals surface area contributed by atoms with Gasteiger partial charge in [-0.3, -0.25) is 4.98 Å². The van der Waals surface area contributed by atoms with E-state index in [0.717, 1.165) is 15.1 Å². The summed E-state index contributed by atoms with van der Waals surface area (Å²) in [4.78, 5) is 16.8. The monoisotopic (exact) mass is 513 g/mol. The summed E-state index contributed by atoms with van der Waals surface area (Å²) in [5.41, 5.74) is 4.02. The molecule has 9 heteroatoms. The summed E-state index contributed by atoms with van der Waals surface area (Å²) in [5.74, 6) is -0.512. The fraction of sp³-hybridized carbons (Fsp3) is 0.107. The number of hydrogen-bond donors (Lipinski definition) is 1. The maximum Gasteiger partial charge on any atom is 0.331 e. The lowest BCUT2D eigenvalue weighted by molar-refractivity contribution is -0.132. The molecule has 0 atom stereocenters. The zero-order chi connectivity index (χ0) is 26.2. The van der Waals surface area contributed by atoms with E-state index in [1.165, 1.54) is 24.4 Å². The predicted molar refractivity (Wildman–Crippen MR) is 139 cm³/mol. The smallest absolute Gasteiger partial charge is 0.331 e. The average molecular weight is 514 g/mol. The molecule has 5 aromatic rings. The Morgan fingerprint density at radius 3 is 2.35 bits per heavy atom. The van der Waals surface area contributed by atoms with Gasteiger partial charge in [-0.1, -0.05) is 53.7 Å². The van der Waals surface area contributed by atoms with E-state index in [4.69, 9.17) is 4.52 Å². The third-order valence-corrected chi connectivity index (χ3v) is 7.79. The minimum Gasteiger partial charge on any atom is -0.478 e. The van der Waals surface area contributed by atoms with Gasteiger partial charge in [0.15, 0.2) is 0 Å². The lowest BCUT2D eigenvalue weighted by atomic mass is 10.0. The number of fused-ring (bicyclic) bond motifs is 1. The molecule has 0 fully saturated rings. The molecule has 0 aliphatic rings. The minimum absolute atomic E-state index is 0.105. The maximum absolute atomic E-state index is 13.7. The Bertz CT molecular complexity index is 1730. The Hall–Kier alpha value is -4.50. The predicted octanol–water partition coefficient (Wildman–Crippen LogP) is 5.26. The standard InChI is InChI=1S/C28H23N3O5S/c1-18-26(19(2)36-30-18)22-15-25-27(29-16-22)23(14-21(28(32)33)13-20-9-5-3-6-10-20)17-31(25)37(34,35)24-11-7-4-8-12-24/h3-12,14-17H,13H2,1-2H3,(H,32,33)/b21-14+. The Labute approximate surface area is 213 Å². The second kappa shape index (κ2) is 9.51. The van der Waals surface area contributed by atoms with E-state index in [9.17, 15) is 18.3 Å². The van der Waals surface area contributed by atoms with Crippen LogP contribution in [0.25, 0.3) is 28.2 Å². The van der Waals surface area contributed by atoms with Crippen LogP contribution < -0.4 is 0 Å². The van der Waals surface area contributed by atoms with Gasteiger partial charge in [-0.2, -0.15) is 0 Å². The summed E-state index contributed by atoms with van der Waals surface area (Å²) in [5, 5.41) is 13.9. The third kappa shape index (κ3) is 4.56. The Morgan fingerprint density at radius 1 is 1.05 bits per heavy atom. The van der Waals surface area contributed by atoms with Crippen molar-refractivity contribution in [3.8, 4) is 11.1 Å². The topological polar surface area (TPSA) is 115 Å². The second-order valence-electron chi connectivity index (χ2n) is 8.63. The molecular formula is C28H23N3O5S. The molecule has 0 aliphatic heterocycles. The second-order valence-corrected chi connectivity index (χ2v) is 10.4. The number of nitrogens with zero attached hydrogens (tertiary/aromatic N) is 3. The van der Waals surface area contributed by atoms with E-state index < -0.39 is 16.0 Å². The highest BCUT2D eigenvalue weighted by atomic mass is 32.2. The summed E-state index contributed by atoms with van der Waals surface area (Å²) in [6.07, 6.45) is 4.69. The highest BCUT2D eigenvalue weighted by molar-refractivity contribution is 7.90. The molecule has 3 aromatic heterocycles. The number of carboxylic acids is 1. The van der Waals surface area contributed by atoms with Gasteiger partial charge < -0.3 is 9.63 Å². The van der Waals surface area contributed by atoms with Gasteiger partial charge in [0, 0.05) is 41.1 Å². The fourth-order valence-corrected chi connectivity index (χ4v) is 5.71. The Balaban J connectivity index is 1.74. The van der Waals surface area contributed by atoms with Crippen LogP contribution in [0.2, 0.25) is 0 Å². The maximum atomic E-state index is 13.7. The molecular weight excluding hydrogens is 490 g/mol. The molecule has 0 spiro atoms. The molecule has 8 nitrogen and oxygen atoms in total. The lowest BCUT2D eigenvalue weighted by Gasteiger charge is -2.08. The summed E-state index contributed by atoms with van der Waals surface area (Å²) in [6.45, 7) is 3.57. The SMILES string of the molecule is Cc1noc(C)c1-c1cnc2c(/C=C(\Cc3ccccc3)C(=O)O)cn(S(=O)(=O)c3ccccc3)c2c1. The van der Waals surface area contributed by atoms with E-state index in [-0.39, 0.29) is 16.9 Å².